The summed E-state index contributed by atoms with van der Waals surface area (Å²) in [6, 6.07) is 13.0. The van der Waals surface area contributed by atoms with Crippen LogP contribution in [0.25, 0.3) is 33.5 Å². The van der Waals surface area contributed by atoms with Crippen LogP contribution < -0.4 is 0 Å². The van der Waals surface area contributed by atoms with Gasteiger partial charge >= 0.3 is 0 Å². The highest BCUT2D eigenvalue weighted by molar-refractivity contribution is 9.10. The molecular weight excluding hydrogens is 387 g/mol. The number of fused-ring (bicyclic) bond motifs is 2. The van der Waals surface area contributed by atoms with Gasteiger partial charge in [0.15, 0.2) is 5.58 Å². The molecule has 108 valence electrons. The van der Waals surface area contributed by atoms with Gasteiger partial charge in [0.25, 0.3) is 0 Å². The Morgan fingerprint density at radius 3 is 2.64 bits per heavy atom. The molecule has 0 fully saturated rings. The van der Waals surface area contributed by atoms with Crippen LogP contribution in [0.2, 0.25) is 10.2 Å². The third kappa shape index (κ3) is 2.37. The van der Waals surface area contributed by atoms with Crippen molar-refractivity contribution >= 4 is 61.1 Å². The molecule has 0 saturated carbocycles. The number of halogens is 3. The number of nitrogens with zero attached hydrogens (tertiary/aromatic N) is 2. The van der Waals surface area contributed by atoms with E-state index in [0.717, 1.165) is 20.9 Å². The summed E-state index contributed by atoms with van der Waals surface area (Å²) in [5, 5.41) is 1.87. The Kier molecular flexibility index (Phi) is 3.33. The molecule has 0 aliphatic heterocycles. The SMILES string of the molecule is Clc1ccc2nc(Cl)c(-c3nc4cc(Br)ccc4o3)cc2c1. The van der Waals surface area contributed by atoms with E-state index in [1.807, 2.05) is 36.4 Å². The van der Waals surface area contributed by atoms with Crippen LogP contribution in [0.1, 0.15) is 0 Å². The van der Waals surface area contributed by atoms with Crippen LogP contribution in [-0.4, -0.2) is 9.97 Å². The average molecular weight is 394 g/mol. The highest BCUT2D eigenvalue weighted by Gasteiger charge is 2.14. The molecule has 0 aliphatic carbocycles. The van der Waals surface area contributed by atoms with Crippen molar-refractivity contribution in [1.29, 1.82) is 0 Å². The Bertz CT molecular complexity index is 1030. The Hall–Kier alpha value is -1.62. The van der Waals surface area contributed by atoms with Crippen LogP contribution in [-0.2, 0) is 0 Å². The first-order chi connectivity index (χ1) is 10.6. The zero-order valence-electron chi connectivity index (χ0n) is 11.0. The number of hydrogen-bond donors (Lipinski definition) is 0. The van der Waals surface area contributed by atoms with E-state index in [4.69, 9.17) is 27.6 Å². The first-order valence-electron chi connectivity index (χ1n) is 6.42. The van der Waals surface area contributed by atoms with E-state index in [9.17, 15) is 0 Å². The van der Waals surface area contributed by atoms with Gasteiger partial charge < -0.3 is 4.42 Å². The van der Waals surface area contributed by atoms with E-state index in [1.165, 1.54) is 0 Å². The minimum absolute atomic E-state index is 0.348. The third-order valence-corrected chi connectivity index (χ3v) is 4.33. The molecule has 4 aromatic rings. The molecule has 2 aromatic carbocycles. The van der Waals surface area contributed by atoms with Gasteiger partial charge in [-0.2, -0.15) is 0 Å². The summed E-state index contributed by atoms with van der Waals surface area (Å²) in [5.74, 6) is 0.437. The normalized spacial score (nSPS) is 11.4. The van der Waals surface area contributed by atoms with Gasteiger partial charge in [-0.3, -0.25) is 0 Å². The lowest BCUT2D eigenvalue weighted by Crippen LogP contribution is -1.86. The first-order valence-corrected chi connectivity index (χ1v) is 7.97. The molecule has 0 atom stereocenters. The van der Waals surface area contributed by atoms with E-state index in [1.54, 1.807) is 6.07 Å². The molecule has 0 amide bonds. The molecule has 2 heterocycles. The predicted octanol–water partition coefficient (Wildman–Crippen LogP) is 6.11. The molecule has 2 aromatic heterocycles. The molecule has 0 aliphatic rings. The Morgan fingerprint density at radius 1 is 0.909 bits per heavy atom. The lowest BCUT2D eigenvalue weighted by atomic mass is 10.1. The number of aromatic nitrogens is 2. The number of pyridine rings is 1. The summed E-state index contributed by atoms with van der Waals surface area (Å²) in [4.78, 5) is 8.86. The monoisotopic (exact) mass is 392 g/mol. The summed E-state index contributed by atoms with van der Waals surface area (Å²) >= 11 is 15.7. The predicted molar refractivity (Wildman–Crippen MR) is 92.5 cm³/mol. The van der Waals surface area contributed by atoms with Crippen molar-refractivity contribution < 1.29 is 4.42 Å². The molecule has 0 radical (unpaired) electrons. The van der Waals surface area contributed by atoms with Gasteiger partial charge in [0.05, 0.1) is 11.1 Å². The molecule has 0 spiro atoms. The summed E-state index contributed by atoms with van der Waals surface area (Å²) in [5.41, 5.74) is 2.87. The highest BCUT2D eigenvalue weighted by Crippen LogP contribution is 2.32. The van der Waals surface area contributed by atoms with Crippen LogP contribution in [0.3, 0.4) is 0 Å². The second-order valence-electron chi connectivity index (χ2n) is 4.79. The first kappa shape index (κ1) is 14.0. The lowest BCUT2D eigenvalue weighted by Gasteiger charge is -2.03. The number of rotatable bonds is 1. The van der Waals surface area contributed by atoms with Crippen LogP contribution in [0, 0.1) is 0 Å². The maximum absolute atomic E-state index is 6.28. The van der Waals surface area contributed by atoms with Crippen molar-refractivity contribution in [3.8, 4) is 11.5 Å². The van der Waals surface area contributed by atoms with Crippen molar-refractivity contribution in [2.45, 2.75) is 0 Å². The van der Waals surface area contributed by atoms with Crippen molar-refractivity contribution in [3.63, 3.8) is 0 Å². The van der Waals surface area contributed by atoms with E-state index >= 15 is 0 Å². The molecule has 6 heteroatoms. The van der Waals surface area contributed by atoms with Crippen molar-refractivity contribution in [2.75, 3.05) is 0 Å². The molecule has 0 unspecified atom stereocenters. The average Bonchev–Trinajstić information content (AvgIpc) is 2.89. The highest BCUT2D eigenvalue weighted by atomic mass is 79.9. The second-order valence-corrected chi connectivity index (χ2v) is 6.50. The summed E-state index contributed by atoms with van der Waals surface area (Å²) in [7, 11) is 0. The van der Waals surface area contributed by atoms with Gasteiger partial charge in [0, 0.05) is 14.9 Å². The summed E-state index contributed by atoms with van der Waals surface area (Å²) < 4.78 is 6.72. The molecule has 0 N–H and O–H groups in total. The zero-order valence-corrected chi connectivity index (χ0v) is 14.1. The van der Waals surface area contributed by atoms with Gasteiger partial charge in [0.2, 0.25) is 5.89 Å². The number of hydrogen-bond acceptors (Lipinski definition) is 3. The molecule has 3 nitrogen and oxygen atoms in total. The van der Waals surface area contributed by atoms with Gasteiger partial charge in [-0.25, -0.2) is 9.97 Å². The standard InChI is InChI=1S/C16H7BrCl2N2O/c17-9-1-4-14-13(7-9)21-16(22-14)11-6-8-5-10(18)2-3-12(8)20-15(11)19/h1-7H. The van der Waals surface area contributed by atoms with Crippen LogP contribution in [0.15, 0.2) is 51.4 Å². The molecule has 22 heavy (non-hydrogen) atoms. The lowest BCUT2D eigenvalue weighted by molar-refractivity contribution is 0.619. The van der Waals surface area contributed by atoms with Crippen LogP contribution in [0.4, 0.5) is 0 Å². The second kappa shape index (κ2) is 5.23. The Balaban J connectivity index is 1.96. The van der Waals surface area contributed by atoms with E-state index in [2.05, 4.69) is 25.9 Å². The van der Waals surface area contributed by atoms with E-state index in [0.29, 0.717) is 27.2 Å². The van der Waals surface area contributed by atoms with Crippen molar-refractivity contribution in [1.82, 2.24) is 9.97 Å². The molecule has 0 bridgehead atoms. The molecule has 0 saturated heterocycles. The van der Waals surface area contributed by atoms with Crippen molar-refractivity contribution in [3.05, 3.63) is 57.1 Å². The van der Waals surface area contributed by atoms with Crippen LogP contribution >= 0.6 is 39.1 Å². The minimum atomic E-state index is 0.348. The van der Waals surface area contributed by atoms with Crippen molar-refractivity contribution in [2.24, 2.45) is 0 Å². The fourth-order valence-corrected chi connectivity index (χ4v) is 3.05. The smallest absolute Gasteiger partial charge is 0.230 e. The van der Waals surface area contributed by atoms with Gasteiger partial charge in [-0.05, 0) is 42.5 Å². The fraction of sp³-hybridized carbons (Fsp3) is 0. The van der Waals surface area contributed by atoms with Gasteiger partial charge in [0.1, 0.15) is 10.7 Å². The summed E-state index contributed by atoms with van der Waals surface area (Å²) in [6.45, 7) is 0. The van der Waals surface area contributed by atoms with Crippen LogP contribution in [0.5, 0.6) is 0 Å². The molecular formula is C16H7BrCl2N2O. The van der Waals surface area contributed by atoms with Gasteiger partial charge in [-0.15, -0.1) is 0 Å². The van der Waals surface area contributed by atoms with Gasteiger partial charge in [-0.1, -0.05) is 39.1 Å². The maximum atomic E-state index is 6.28. The van der Waals surface area contributed by atoms with E-state index < -0.39 is 0 Å². The minimum Gasteiger partial charge on any atom is -0.436 e. The number of benzene rings is 2. The Labute approximate surface area is 144 Å². The molecule has 4 rings (SSSR count). The number of oxazole rings is 1. The quantitative estimate of drug-likeness (QED) is 0.366. The fourth-order valence-electron chi connectivity index (χ4n) is 2.29. The largest absolute Gasteiger partial charge is 0.436 e. The topological polar surface area (TPSA) is 38.9 Å². The zero-order chi connectivity index (χ0) is 15.3. The Morgan fingerprint density at radius 2 is 1.77 bits per heavy atom. The summed E-state index contributed by atoms with van der Waals surface area (Å²) in [6.07, 6.45) is 0. The van der Waals surface area contributed by atoms with E-state index in [-0.39, 0.29) is 0 Å². The third-order valence-electron chi connectivity index (χ3n) is 3.31. The maximum Gasteiger partial charge on any atom is 0.230 e.